The van der Waals surface area contributed by atoms with Crippen LogP contribution in [0, 0.1) is 0 Å². The Morgan fingerprint density at radius 1 is 1.27 bits per heavy atom. The summed E-state index contributed by atoms with van der Waals surface area (Å²) in [5.41, 5.74) is 3.53. The second kappa shape index (κ2) is 7.20. The van der Waals surface area contributed by atoms with Crippen molar-refractivity contribution in [3.63, 3.8) is 0 Å². The van der Waals surface area contributed by atoms with Gasteiger partial charge in [-0.2, -0.15) is 0 Å². The lowest BCUT2D eigenvalue weighted by molar-refractivity contribution is 0.0416. The van der Waals surface area contributed by atoms with Crippen molar-refractivity contribution < 1.29 is 4.74 Å². The van der Waals surface area contributed by atoms with Crippen molar-refractivity contribution in [2.75, 3.05) is 19.8 Å². The van der Waals surface area contributed by atoms with Gasteiger partial charge in [-0.15, -0.1) is 0 Å². The molecule has 1 aliphatic heterocycles. The van der Waals surface area contributed by atoms with Crippen LogP contribution in [0.3, 0.4) is 0 Å². The topological polar surface area (TPSA) is 24.5 Å². The van der Waals surface area contributed by atoms with Crippen molar-refractivity contribution in [3.8, 4) is 0 Å². The van der Waals surface area contributed by atoms with Gasteiger partial charge in [0, 0.05) is 31.8 Å². The minimum atomic E-state index is 0.681. The Morgan fingerprint density at radius 2 is 1.93 bits per heavy atom. The zero-order chi connectivity index (χ0) is 11.1. The van der Waals surface area contributed by atoms with E-state index in [0.717, 1.165) is 26.2 Å². The van der Waals surface area contributed by atoms with Gasteiger partial charge in [-0.1, -0.05) is 6.42 Å². The van der Waals surface area contributed by atoms with Crippen LogP contribution in [0.15, 0.2) is 0 Å². The second-order valence-electron chi connectivity index (χ2n) is 4.49. The smallest absolute Gasteiger partial charge is 0.0478 e. The summed E-state index contributed by atoms with van der Waals surface area (Å²) in [5.74, 6) is 0. The van der Waals surface area contributed by atoms with Gasteiger partial charge in [0.05, 0.1) is 0 Å². The van der Waals surface area contributed by atoms with E-state index < -0.39 is 0 Å². The minimum absolute atomic E-state index is 0.681. The molecule has 0 amide bonds. The zero-order valence-corrected chi connectivity index (χ0v) is 10.5. The van der Waals surface area contributed by atoms with Gasteiger partial charge in [-0.25, -0.2) is 5.01 Å². The van der Waals surface area contributed by atoms with Gasteiger partial charge in [-0.05, 0) is 40.0 Å². The number of hydrogen-bond acceptors (Lipinski definition) is 3. The van der Waals surface area contributed by atoms with Crippen LogP contribution in [-0.4, -0.2) is 36.9 Å². The third kappa shape index (κ3) is 4.49. The average Bonchev–Trinajstić information content (AvgIpc) is 2.21. The molecule has 90 valence electrons. The lowest BCUT2D eigenvalue weighted by atomic mass is 10.00. The molecule has 2 atom stereocenters. The van der Waals surface area contributed by atoms with E-state index in [1.54, 1.807) is 0 Å². The number of nitrogens with zero attached hydrogens (tertiary/aromatic N) is 1. The predicted molar refractivity (Wildman–Crippen MR) is 63.7 cm³/mol. The Labute approximate surface area is 94.1 Å². The fraction of sp³-hybridized carbons (Fsp3) is 1.00. The van der Waals surface area contributed by atoms with Gasteiger partial charge in [0.2, 0.25) is 0 Å². The largest absolute Gasteiger partial charge is 0.382 e. The first-order valence-electron chi connectivity index (χ1n) is 6.35. The van der Waals surface area contributed by atoms with E-state index in [1.165, 1.54) is 19.3 Å². The molecule has 3 nitrogen and oxygen atoms in total. The van der Waals surface area contributed by atoms with E-state index in [2.05, 4.69) is 24.3 Å². The molecular weight excluding hydrogens is 188 g/mol. The molecule has 1 rings (SSSR count). The van der Waals surface area contributed by atoms with Crippen LogP contribution in [0.25, 0.3) is 0 Å². The normalized spacial score (nSPS) is 28.2. The van der Waals surface area contributed by atoms with Crippen molar-refractivity contribution in [1.29, 1.82) is 0 Å². The third-order valence-electron chi connectivity index (χ3n) is 3.16. The molecule has 0 radical (unpaired) electrons. The van der Waals surface area contributed by atoms with Gasteiger partial charge in [0.15, 0.2) is 0 Å². The fourth-order valence-electron chi connectivity index (χ4n) is 2.26. The van der Waals surface area contributed by atoms with Crippen molar-refractivity contribution in [1.82, 2.24) is 10.4 Å². The van der Waals surface area contributed by atoms with Crippen LogP contribution < -0.4 is 5.43 Å². The van der Waals surface area contributed by atoms with Gasteiger partial charge in [0.25, 0.3) is 0 Å². The molecular formula is C12H26N2O. The first-order chi connectivity index (χ1) is 7.25. The highest BCUT2D eigenvalue weighted by molar-refractivity contribution is 4.76. The molecule has 0 bridgehead atoms. The summed E-state index contributed by atoms with van der Waals surface area (Å²) in [5, 5.41) is 2.43. The molecule has 1 N–H and O–H groups in total. The highest BCUT2D eigenvalue weighted by Crippen LogP contribution is 2.19. The molecule has 1 aliphatic rings. The molecule has 1 fully saturated rings. The second-order valence-corrected chi connectivity index (χ2v) is 4.49. The first kappa shape index (κ1) is 12.9. The Hall–Kier alpha value is -0.120. The van der Waals surface area contributed by atoms with E-state index >= 15 is 0 Å². The van der Waals surface area contributed by atoms with Gasteiger partial charge >= 0.3 is 0 Å². The standard InChI is InChI=1S/C12H26N2O/c1-4-15-10-6-9-13-14-11(2)7-5-8-12(14)3/h11-13H,4-10H2,1-3H3. The maximum absolute atomic E-state index is 5.32. The maximum atomic E-state index is 5.32. The van der Waals surface area contributed by atoms with Crippen LogP contribution in [0.5, 0.6) is 0 Å². The first-order valence-corrected chi connectivity index (χ1v) is 6.35. The molecule has 1 heterocycles. The van der Waals surface area contributed by atoms with Gasteiger partial charge in [0.1, 0.15) is 0 Å². The van der Waals surface area contributed by atoms with E-state index in [4.69, 9.17) is 4.74 Å². The third-order valence-corrected chi connectivity index (χ3v) is 3.16. The number of rotatable bonds is 6. The van der Waals surface area contributed by atoms with Crippen LogP contribution in [0.1, 0.15) is 46.5 Å². The summed E-state index contributed by atoms with van der Waals surface area (Å²) < 4.78 is 5.32. The molecule has 0 aromatic carbocycles. The highest BCUT2D eigenvalue weighted by atomic mass is 16.5. The summed E-state index contributed by atoms with van der Waals surface area (Å²) >= 11 is 0. The predicted octanol–water partition coefficient (Wildman–Crippen LogP) is 2.18. The van der Waals surface area contributed by atoms with E-state index in [-0.39, 0.29) is 0 Å². The van der Waals surface area contributed by atoms with E-state index in [9.17, 15) is 0 Å². The monoisotopic (exact) mass is 214 g/mol. The minimum Gasteiger partial charge on any atom is -0.382 e. The molecule has 0 aromatic rings. The molecule has 0 aromatic heterocycles. The van der Waals surface area contributed by atoms with Gasteiger partial charge in [-0.3, -0.25) is 5.43 Å². The Kier molecular flexibility index (Phi) is 6.22. The number of piperidine rings is 1. The molecule has 0 aliphatic carbocycles. The number of hydrazine groups is 1. The molecule has 2 unspecified atom stereocenters. The lowest BCUT2D eigenvalue weighted by Crippen LogP contribution is -2.52. The van der Waals surface area contributed by atoms with Crippen LogP contribution in [0.4, 0.5) is 0 Å². The molecule has 3 heteroatoms. The van der Waals surface area contributed by atoms with Gasteiger partial charge < -0.3 is 4.74 Å². The Morgan fingerprint density at radius 3 is 2.53 bits per heavy atom. The molecule has 0 spiro atoms. The van der Waals surface area contributed by atoms with Crippen molar-refractivity contribution in [3.05, 3.63) is 0 Å². The summed E-state index contributed by atoms with van der Waals surface area (Å²) in [6.07, 6.45) is 5.12. The van der Waals surface area contributed by atoms with Crippen LogP contribution in [0.2, 0.25) is 0 Å². The van der Waals surface area contributed by atoms with E-state index in [1.807, 2.05) is 6.92 Å². The molecule has 1 saturated heterocycles. The quantitative estimate of drug-likeness (QED) is 0.686. The van der Waals surface area contributed by atoms with Crippen molar-refractivity contribution in [2.45, 2.75) is 58.5 Å². The maximum Gasteiger partial charge on any atom is 0.0478 e. The summed E-state index contributed by atoms with van der Waals surface area (Å²) in [6, 6.07) is 1.36. The number of nitrogens with one attached hydrogen (secondary N) is 1. The van der Waals surface area contributed by atoms with E-state index in [0.29, 0.717) is 12.1 Å². The van der Waals surface area contributed by atoms with Crippen LogP contribution in [-0.2, 0) is 4.74 Å². The summed E-state index contributed by atoms with van der Waals surface area (Å²) in [6.45, 7) is 9.41. The van der Waals surface area contributed by atoms with Crippen molar-refractivity contribution in [2.24, 2.45) is 0 Å². The lowest BCUT2D eigenvalue weighted by Gasteiger charge is -2.39. The SMILES string of the molecule is CCOCCCNN1C(C)CCCC1C. The Balaban J connectivity index is 2.12. The number of hydrogen-bond donors (Lipinski definition) is 1. The fourth-order valence-corrected chi connectivity index (χ4v) is 2.26. The zero-order valence-electron chi connectivity index (χ0n) is 10.5. The molecule has 0 saturated carbocycles. The van der Waals surface area contributed by atoms with Crippen molar-refractivity contribution >= 4 is 0 Å². The van der Waals surface area contributed by atoms with Crippen LogP contribution >= 0.6 is 0 Å². The highest BCUT2D eigenvalue weighted by Gasteiger charge is 2.23. The summed E-state index contributed by atoms with van der Waals surface area (Å²) in [7, 11) is 0. The molecule has 15 heavy (non-hydrogen) atoms. The number of ether oxygens (including phenoxy) is 1. The average molecular weight is 214 g/mol. The Bertz CT molecular complexity index is 154. The summed E-state index contributed by atoms with van der Waals surface area (Å²) in [4.78, 5) is 0.